The third-order valence-corrected chi connectivity index (χ3v) is 5.06. The minimum Gasteiger partial charge on any atom is -0.388 e. The summed E-state index contributed by atoms with van der Waals surface area (Å²) in [7, 11) is 4.80. The van der Waals surface area contributed by atoms with E-state index in [1.165, 1.54) is 0 Å². The van der Waals surface area contributed by atoms with E-state index in [1.807, 2.05) is 60.7 Å². The zero-order valence-corrected chi connectivity index (χ0v) is 20.8. The lowest BCUT2D eigenvalue weighted by Crippen LogP contribution is -2.14. The Bertz CT molecular complexity index is 1150. The molecule has 0 spiro atoms. The van der Waals surface area contributed by atoms with Crippen LogP contribution in [0.3, 0.4) is 0 Å². The molecule has 0 bridgehead atoms. The molecule has 0 amide bonds. The summed E-state index contributed by atoms with van der Waals surface area (Å²) in [6.07, 6.45) is -1.61. The third-order valence-electron chi connectivity index (χ3n) is 5.06. The van der Waals surface area contributed by atoms with Gasteiger partial charge in [-0.3, -0.25) is 9.59 Å². The van der Waals surface area contributed by atoms with Crippen molar-refractivity contribution in [3.8, 4) is 0 Å². The lowest BCUT2D eigenvalue weighted by molar-refractivity contribution is 0.0604. The highest BCUT2D eigenvalue weighted by atomic mass is 16.5. The van der Waals surface area contributed by atoms with E-state index < -0.39 is 12.2 Å². The Balaban J connectivity index is 0.000000229. The number of methoxy groups -OCH3 is 2. The smallest absolute Gasteiger partial charge is 0.196 e. The highest BCUT2D eigenvalue weighted by Gasteiger charge is 2.21. The standard InChI is InChI=1S/C15H14O2.C14H12O2.C2H6O/c1-17-15(13-10-6-3-7-11-13)14(16)12-8-4-2-5-9-12;15-13(11-7-3-1-4-8-11)14(16)12-9-5-2-6-10-12;1-3-2/h2-11,15H,1H3;1-10,13,15H;1-2H3. The Kier molecular flexibility index (Phi) is 12.5. The largest absolute Gasteiger partial charge is 0.388 e. The monoisotopic (exact) mass is 484 g/mol. The van der Waals surface area contributed by atoms with E-state index in [-0.39, 0.29) is 11.6 Å². The summed E-state index contributed by atoms with van der Waals surface area (Å²) in [6.45, 7) is 0. The van der Waals surface area contributed by atoms with Gasteiger partial charge >= 0.3 is 0 Å². The van der Waals surface area contributed by atoms with Gasteiger partial charge in [0.1, 0.15) is 12.2 Å². The minimum absolute atomic E-state index is 0.0145. The van der Waals surface area contributed by atoms with Crippen molar-refractivity contribution in [1.29, 1.82) is 0 Å². The molecule has 186 valence electrons. The molecule has 4 rings (SSSR count). The summed E-state index contributed by atoms with van der Waals surface area (Å²) >= 11 is 0. The molecule has 4 aromatic carbocycles. The fourth-order valence-corrected chi connectivity index (χ4v) is 3.32. The number of Topliss-reactive ketones (excluding diaryl/α,β-unsaturated/α-hetero) is 2. The van der Waals surface area contributed by atoms with Gasteiger partial charge in [-0.2, -0.15) is 0 Å². The fourth-order valence-electron chi connectivity index (χ4n) is 3.32. The number of aliphatic hydroxyl groups is 1. The van der Waals surface area contributed by atoms with Crippen molar-refractivity contribution in [3.63, 3.8) is 0 Å². The highest BCUT2D eigenvalue weighted by Crippen LogP contribution is 2.21. The van der Waals surface area contributed by atoms with Gasteiger partial charge in [0.05, 0.1) is 0 Å². The van der Waals surface area contributed by atoms with Gasteiger partial charge in [-0.25, -0.2) is 0 Å². The van der Waals surface area contributed by atoms with Gasteiger partial charge < -0.3 is 14.6 Å². The van der Waals surface area contributed by atoms with E-state index in [4.69, 9.17) is 4.74 Å². The number of benzene rings is 4. The van der Waals surface area contributed by atoms with Crippen molar-refractivity contribution in [2.24, 2.45) is 0 Å². The van der Waals surface area contributed by atoms with E-state index in [0.29, 0.717) is 16.7 Å². The molecule has 1 N–H and O–H groups in total. The first-order chi connectivity index (χ1) is 17.5. The SMILES string of the molecule is COC.COC(C(=O)c1ccccc1)c1ccccc1.O=C(c1ccccc1)C(O)c1ccccc1. The number of hydrogen-bond donors (Lipinski definition) is 1. The summed E-state index contributed by atoms with van der Waals surface area (Å²) in [5, 5.41) is 9.89. The second-order valence-corrected chi connectivity index (χ2v) is 7.71. The molecule has 2 atom stereocenters. The van der Waals surface area contributed by atoms with E-state index in [2.05, 4.69) is 4.74 Å². The Hall–Kier alpha value is -3.90. The van der Waals surface area contributed by atoms with Crippen LogP contribution >= 0.6 is 0 Å². The number of hydrogen-bond acceptors (Lipinski definition) is 5. The van der Waals surface area contributed by atoms with Crippen LogP contribution in [0.5, 0.6) is 0 Å². The molecule has 0 fully saturated rings. The zero-order chi connectivity index (χ0) is 26.2. The number of rotatable bonds is 7. The molecule has 4 aromatic rings. The number of carbonyl (C=O) groups excluding carboxylic acids is 2. The summed E-state index contributed by atoms with van der Waals surface area (Å²) in [4.78, 5) is 24.1. The van der Waals surface area contributed by atoms with Gasteiger partial charge in [0.25, 0.3) is 0 Å². The van der Waals surface area contributed by atoms with Crippen molar-refractivity contribution in [2.75, 3.05) is 21.3 Å². The van der Waals surface area contributed by atoms with E-state index >= 15 is 0 Å². The molecule has 0 aromatic heterocycles. The minimum atomic E-state index is -1.08. The first-order valence-electron chi connectivity index (χ1n) is 11.4. The van der Waals surface area contributed by atoms with E-state index in [1.54, 1.807) is 82.0 Å². The Labute approximate surface area is 213 Å². The summed E-state index contributed by atoms with van der Waals surface area (Å²) in [6, 6.07) is 36.5. The molecular formula is C31H32O5. The maximum absolute atomic E-state index is 12.3. The molecule has 0 saturated carbocycles. The van der Waals surface area contributed by atoms with Crippen molar-refractivity contribution in [1.82, 2.24) is 0 Å². The lowest BCUT2D eigenvalue weighted by atomic mass is 10.00. The van der Waals surface area contributed by atoms with Crippen LogP contribution in [0.4, 0.5) is 0 Å². The summed E-state index contributed by atoms with van der Waals surface area (Å²) < 4.78 is 9.55. The van der Waals surface area contributed by atoms with Crippen molar-refractivity contribution >= 4 is 11.6 Å². The molecule has 0 heterocycles. The van der Waals surface area contributed by atoms with Crippen LogP contribution in [0.2, 0.25) is 0 Å². The third kappa shape index (κ3) is 8.71. The van der Waals surface area contributed by atoms with Crippen LogP contribution in [0, 0.1) is 0 Å². The van der Waals surface area contributed by atoms with Gasteiger partial charge in [0.15, 0.2) is 11.6 Å². The molecule has 0 radical (unpaired) electrons. The van der Waals surface area contributed by atoms with E-state index in [0.717, 1.165) is 5.56 Å². The van der Waals surface area contributed by atoms with Gasteiger partial charge in [-0.05, 0) is 11.1 Å². The molecule has 2 unspecified atom stereocenters. The fraction of sp³-hybridized carbons (Fsp3) is 0.161. The maximum atomic E-state index is 12.3. The van der Waals surface area contributed by atoms with Crippen LogP contribution in [0.15, 0.2) is 121 Å². The molecular weight excluding hydrogens is 452 g/mol. The average Bonchev–Trinajstić information content (AvgIpc) is 2.95. The average molecular weight is 485 g/mol. The normalized spacial score (nSPS) is 11.6. The lowest BCUT2D eigenvalue weighted by Gasteiger charge is -2.14. The van der Waals surface area contributed by atoms with Crippen molar-refractivity contribution in [2.45, 2.75) is 12.2 Å². The maximum Gasteiger partial charge on any atom is 0.196 e. The number of aliphatic hydroxyl groups excluding tert-OH is 1. The van der Waals surface area contributed by atoms with E-state index in [9.17, 15) is 14.7 Å². The van der Waals surface area contributed by atoms with Crippen LogP contribution in [-0.4, -0.2) is 38.0 Å². The molecule has 5 heteroatoms. The van der Waals surface area contributed by atoms with Crippen molar-refractivity contribution < 1.29 is 24.2 Å². The van der Waals surface area contributed by atoms with Gasteiger partial charge in [-0.1, -0.05) is 121 Å². The Morgan fingerprint density at radius 3 is 1.28 bits per heavy atom. The van der Waals surface area contributed by atoms with Crippen LogP contribution < -0.4 is 0 Å². The zero-order valence-electron chi connectivity index (χ0n) is 20.8. The molecule has 0 saturated heterocycles. The molecule has 0 aliphatic rings. The predicted molar refractivity (Wildman–Crippen MR) is 142 cm³/mol. The van der Waals surface area contributed by atoms with Gasteiger partial charge in [0.2, 0.25) is 0 Å². The summed E-state index contributed by atoms with van der Waals surface area (Å²) in [5.74, 6) is -0.286. The second kappa shape index (κ2) is 15.9. The predicted octanol–water partition coefficient (Wildman–Crippen LogP) is 6.12. The first-order valence-corrected chi connectivity index (χ1v) is 11.4. The Morgan fingerprint density at radius 2 is 0.889 bits per heavy atom. The van der Waals surface area contributed by atoms with Crippen LogP contribution in [0.1, 0.15) is 44.1 Å². The van der Waals surface area contributed by atoms with Gasteiger partial charge in [-0.15, -0.1) is 0 Å². The van der Waals surface area contributed by atoms with Crippen LogP contribution in [0.25, 0.3) is 0 Å². The number of ketones is 2. The highest BCUT2D eigenvalue weighted by molar-refractivity contribution is 6.00. The first kappa shape index (κ1) is 28.3. The van der Waals surface area contributed by atoms with Crippen molar-refractivity contribution in [3.05, 3.63) is 144 Å². The van der Waals surface area contributed by atoms with Crippen LogP contribution in [-0.2, 0) is 9.47 Å². The molecule has 0 aliphatic heterocycles. The summed E-state index contributed by atoms with van der Waals surface area (Å²) in [5.41, 5.74) is 2.70. The molecule has 0 aliphatic carbocycles. The molecule has 5 nitrogen and oxygen atoms in total. The second-order valence-electron chi connectivity index (χ2n) is 7.71. The quantitative estimate of drug-likeness (QED) is 0.320. The Morgan fingerprint density at radius 1 is 0.556 bits per heavy atom. The molecule has 36 heavy (non-hydrogen) atoms. The number of carbonyl (C=O) groups is 2. The van der Waals surface area contributed by atoms with Gasteiger partial charge in [0, 0.05) is 32.5 Å². The topological polar surface area (TPSA) is 72.8 Å². The number of ether oxygens (including phenoxy) is 2.